The van der Waals surface area contributed by atoms with Gasteiger partial charge in [0.25, 0.3) is 0 Å². The molecule has 1 fully saturated rings. The van der Waals surface area contributed by atoms with Crippen LogP contribution in [0.15, 0.2) is 115 Å². The number of ether oxygens (including phenoxy) is 3. The lowest BCUT2D eigenvalue weighted by Gasteiger charge is -2.32. The molecular formula is C46H48ClFN8O5. The number of hydrogen-bond donors (Lipinski definition) is 2. The van der Waals surface area contributed by atoms with Gasteiger partial charge >= 0.3 is 5.97 Å². The second kappa shape index (κ2) is 19.8. The maximum absolute atomic E-state index is 14.8. The van der Waals surface area contributed by atoms with Gasteiger partial charge in [0.1, 0.15) is 54.2 Å². The molecule has 0 radical (unpaired) electrons. The number of allylic oxidation sites excluding steroid dienone is 2. The minimum absolute atomic E-state index is 0.0700. The number of para-hydroxylation sites is 2. The second-order valence-electron chi connectivity index (χ2n) is 14.7. The van der Waals surface area contributed by atoms with Gasteiger partial charge in [-0.25, -0.2) is 28.7 Å². The summed E-state index contributed by atoms with van der Waals surface area (Å²) >= 11 is 6.86. The summed E-state index contributed by atoms with van der Waals surface area (Å²) in [6.07, 6.45) is 6.68. The number of aliphatic carboxylic acids is 1. The van der Waals surface area contributed by atoms with Crippen molar-refractivity contribution in [3.05, 3.63) is 143 Å². The lowest BCUT2D eigenvalue weighted by molar-refractivity contribution is -0.137. The number of anilines is 1. The zero-order valence-electron chi connectivity index (χ0n) is 34.4. The van der Waals surface area contributed by atoms with Crippen LogP contribution >= 0.6 is 11.6 Å². The maximum atomic E-state index is 14.8. The topological polar surface area (TPSA) is 139 Å². The van der Waals surface area contributed by atoms with Crippen LogP contribution in [0, 0.1) is 12.7 Å². The number of carbonyl (C=O) groups is 1. The van der Waals surface area contributed by atoms with Crippen LogP contribution in [-0.4, -0.2) is 105 Å². The molecule has 0 spiro atoms. The highest BCUT2D eigenvalue weighted by atomic mass is 35.5. The number of hydrogen-bond acceptors (Lipinski definition) is 11. The number of rotatable bonds is 18. The summed E-state index contributed by atoms with van der Waals surface area (Å²) in [6, 6.07) is 20.0. The van der Waals surface area contributed by atoms with E-state index in [0.29, 0.717) is 62.9 Å². The summed E-state index contributed by atoms with van der Waals surface area (Å²) in [5.74, 6) is 0.931. The summed E-state index contributed by atoms with van der Waals surface area (Å²) in [7, 11) is 3.71. The molecule has 6 aromatic rings. The first-order valence-corrected chi connectivity index (χ1v) is 20.3. The third kappa shape index (κ3) is 10.3. The van der Waals surface area contributed by atoms with E-state index < -0.39 is 17.8 Å². The van der Waals surface area contributed by atoms with Gasteiger partial charge in [-0.1, -0.05) is 54.6 Å². The van der Waals surface area contributed by atoms with Crippen LogP contribution < -0.4 is 14.8 Å². The number of aryl methyl sites for hydroxylation is 1. The number of piperazine rings is 1. The predicted octanol–water partition coefficient (Wildman–Crippen LogP) is 7.44. The Morgan fingerprint density at radius 3 is 2.54 bits per heavy atom. The van der Waals surface area contributed by atoms with E-state index in [1.807, 2.05) is 55.6 Å². The lowest BCUT2D eigenvalue weighted by atomic mass is 9.96. The van der Waals surface area contributed by atoms with E-state index in [1.165, 1.54) is 18.5 Å². The molecule has 0 bridgehead atoms. The van der Waals surface area contributed by atoms with Gasteiger partial charge in [0, 0.05) is 63.5 Å². The van der Waals surface area contributed by atoms with E-state index in [2.05, 4.69) is 48.8 Å². The third-order valence-corrected chi connectivity index (χ3v) is 11.0. The fraction of sp³-hybridized carbons (Fsp3) is 0.283. The molecule has 1 aliphatic rings. The Balaban J connectivity index is 1.09. The predicted molar refractivity (Wildman–Crippen MR) is 233 cm³/mol. The van der Waals surface area contributed by atoms with Crippen molar-refractivity contribution in [2.75, 3.05) is 58.8 Å². The fourth-order valence-electron chi connectivity index (χ4n) is 7.35. The number of nitrogens with one attached hydrogen (secondary N) is 1. The monoisotopic (exact) mass is 846 g/mol. The van der Waals surface area contributed by atoms with Crippen LogP contribution in [0.3, 0.4) is 0 Å². The number of methoxy groups -OCH3 is 1. The van der Waals surface area contributed by atoms with Gasteiger partial charge in [0.15, 0.2) is 11.6 Å². The van der Waals surface area contributed by atoms with Crippen LogP contribution in [0.1, 0.15) is 22.4 Å². The van der Waals surface area contributed by atoms with E-state index >= 15 is 0 Å². The number of likely N-dealkylation sites (N-methyl/N-ethyl adjacent to an activating group) is 1. The first-order chi connectivity index (χ1) is 29.6. The Morgan fingerprint density at radius 2 is 1.77 bits per heavy atom. The Morgan fingerprint density at radius 1 is 1.00 bits per heavy atom. The van der Waals surface area contributed by atoms with Gasteiger partial charge in [-0.2, -0.15) is 5.10 Å². The molecule has 3 aromatic heterocycles. The summed E-state index contributed by atoms with van der Waals surface area (Å²) in [5, 5.41) is 18.5. The van der Waals surface area contributed by atoms with E-state index in [4.69, 9.17) is 25.8 Å². The van der Waals surface area contributed by atoms with Crippen molar-refractivity contribution >= 4 is 28.9 Å². The molecular weight excluding hydrogens is 799 g/mol. The normalized spacial score (nSPS) is 14.3. The van der Waals surface area contributed by atoms with Gasteiger partial charge in [-0.3, -0.25) is 4.90 Å². The number of fused-ring (bicyclic) bond motifs is 1. The Kier molecular flexibility index (Phi) is 13.9. The number of halogens is 2. The highest BCUT2D eigenvalue weighted by molar-refractivity contribution is 6.30. The molecule has 0 aliphatic carbocycles. The molecule has 1 aliphatic heterocycles. The number of aromatic nitrogens is 5. The summed E-state index contributed by atoms with van der Waals surface area (Å²) in [5.41, 5.74) is 5.50. The van der Waals surface area contributed by atoms with Crippen molar-refractivity contribution in [1.82, 2.24) is 34.4 Å². The largest absolute Gasteiger partial charge is 0.496 e. The van der Waals surface area contributed by atoms with Crippen molar-refractivity contribution in [3.8, 4) is 34.0 Å². The smallest absolute Gasteiger partial charge is 0.326 e. The highest BCUT2D eigenvalue weighted by Gasteiger charge is 2.24. The van der Waals surface area contributed by atoms with Gasteiger partial charge < -0.3 is 29.5 Å². The Hall–Kier alpha value is -6.35. The van der Waals surface area contributed by atoms with Crippen molar-refractivity contribution in [1.29, 1.82) is 0 Å². The van der Waals surface area contributed by atoms with Gasteiger partial charge in [-0.15, -0.1) is 0 Å². The Bertz CT molecular complexity index is 2540. The highest BCUT2D eigenvalue weighted by Crippen LogP contribution is 2.35. The second-order valence-corrected chi connectivity index (χ2v) is 15.2. The number of nitrogens with zero attached hydrogens (tertiary/aromatic N) is 7. The standard InChI is InChI=1S/C46H48ClFN8O5/c1-5-40(60-23-22-55-20-18-54(3)19-21-55)38(47)25-32-24-33(48)14-15-35(32)37-27-56-43(30(37)2)45(50-29-51-56)53-39(46(57)58)26-31-10-6-8-12-41(31)61-28-34-16-17-49-44(52-34)36-11-7-9-13-42(36)59-4/h5-17,24,27,29,39H,1,18-23,25-26,28H2,2-4H3,(H,57,58)(H,50,51,53)/b40-38-/t39-/m1/s1. The zero-order chi connectivity index (χ0) is 42.9. The maximum Gasteiger partial charge on any atom is 0.326 e. The average Bonchev–Trinajstić information content (AvgIpc) is 3.61. The molecule has 7 rings (SSSR count). The molecule has 61 heavy (non-hydrogen) atoms. The number of carboxylic acids is 1. The molecule has 0 amide bonds. The first kappa shape index (κ1) is 42.8. The molecule has 1 saturated heterocycles. The van der Waals surface area contributed by atoms with Crippen LogP contribution in [0.25, 0.3) is 28.0 Å². The van der Waals surface area contributed by atoms with Crippen molar-refractivity contribution in [2.24, 2.45) is 0 Å². The van der Waals surface area contributed by atoms with Crippen LogP contribution in [0.4, 0.5) is 10.2 Å². The molecule has 3 aromatic carbocycles. The minimum Gasteiger partial charge on any atom is -0.496 e. The number of carboxylic acid groups (broad SMARTS) is 1. The van der Waals surface area contributed by atoms with Crippen LogP contribution in [0.5, 0.6) is 11.5 Å². The quantitative estimate of drug-likeness (QED) is 0.0657. The molecule has 13 nitrogen and oxygen atoms in total. The molecule has 0 unspecified atom stereocenters. The SMILES string of the molecule is C=C/C(OCCN1CCN(C)CC1)=C(/Cl)Cc1cc(F)ccc1-c1cn2ncnc(N[C@H](Cc3ccccc3OCc3ccnc(-c4ccccc4OC)n3)C(=O)O)c2c1C. The van der Waals surface area contributed by atoms with Gasteiger partial charge in [0.2, 0.25) is 0 Å². The van der Waals surface area contributed by atoms with Crippen LogP contribution in [0.2, 0.25) is 0 Å². The lowest BCUT2D eigenvalue weighted by Crippen LogP contribution is -2.45. The van der Waals surface area contributed by atoms with Gasteiger partial charge in [0.05, 0.1) is 23.4 Å². The molecule has 15 heteroatoms. The minimum atomic E-state index is -1.10. The molecule has 4 heterocycles. The summed E-state index contributed by atoms with van der Waals surface area (Å²) in [4.78, 5) is 31.1. The number of benzene rings is 3. The molecule has 0 saturated carbocycles. The van der Waals surface area contributed by atoms with Crippen LogP contribution in [-0.2, 0) is 29.0 Å². The average molecular weight is 847 g/mol. The summed E-state index contributed by atoms with van der Waals surface area (Å²) in [6.45, 7) is 11.1. The third-order valence-electron chi connectivity index (χ3n) is 10.7. The molecule has 316 valence electrons. The zero-order valence-corrected chi connectivity index (χ0v) is 35.1. The van der Waals surface area contributed by atoms with E-state index in [9.17, 15) is 14.3 Å². The van der Waals surface area contributed by atoms with Crippen molar-refractivity contribution in [2.45, 2.75) is 32.4 Å². The van der Waals surface area contributed by atoms with Crippen molar-refractivity contribution in [3.63, 3.8) is 0 Å². The first-order valence-electron chi connectivity index (χ1n) is 19.9. The molecule has 2 N–H and O–H groups in total. The van der Waals surface area contributed by atoms with Gasteiger partial charge in [-0.05, 0) is 78.7 Å². The molecule has 1 atom stereocenters. The van der Waals surface area contributed by atoms with E-state index in [-0.39, 0.29) is 19.4 Å². The van der Waals surface area contributed by atoms with E-state index in [1.54, 1.807) is 42.1 Å². The van der Waals surface area contributed by atoms with Crippen molar-refractivity contribution < 1.29 is 28.5 Å². The Labute approximate surface area is 359 Å². The fourth-order valence-corrected chi connectivity index (χ4v) is 7.63. The van der Waals surface area contributed by atoms with E-state index in [0.717, 1.165) is 55.0 Å². The summed E-state index contributed by atoms with van der Waals surface area (Å²) < 4.78 is 34.3.